The van der Waals surface area contributed by atoms with E-state index in [1.807, 2.05) is 16.5 Å². The number of hydrogen-bond donors (Lipinski definition) is 0. The lowest BCUT2D eigenvalue weighted by Crippen LogP contribution is -2.35. The first-order valence-corrected chi connectivity index (χ1v) is 11.6. The summed E-state index contributed by atoms with van der Waals surface area (Å²) in [4.78, 5) is 22.1. The first-order chi connectivity index (χ1) is 13.8. The molecule has 2 aromatic heterocycles. The van der Waals surface area contributed by atoms with Crippen LogP contribution in [0.4, 0.5) is 0 Å². The van der Waals surface area contributed by atoms with Gasteiger partial charge < -0.3 is 4.90 Å². The first kappa shape index (κ1) is 22.0. The molecule has 0 radical (unpaired) electrons. The number of carbonyl (C=O) groups excluding carboxylic acids is 1. The van der Waals surface area contributed by atoms with E-state index < -0.39 is 0 Å². The molecule has 3 rings (SSSR count). The van der Waals surface area contributed by atoms with E-state index in [1.54, 1.807) is 11.3 Å². The highest BCUT2D eigenvalue weighted by atomic mass is 32.1. The molecule has 0 N–H and O–H groups in total. The number of hydrogen-bond acceptors (Lipinski definition) is 5. The molecule has 1 aliphatic rings. The maximum Gasteiger partial charge on any atom is 0.222 e. The first-order valence-electron chi connectivity index (χ1n) is 10.7. The zero-order valence-electron chi connectivity index (χ0n) is 18.6. The molecule has 0 spiro atoms. The van der Waals surface area contributed by atoms with Crippen LogP contribution in [0.3, 0.4) is 0 Å². The van der Waals surface area contributed by atoms with E-state index in [4.69, 9.17) is 4.98 Å². The average Bonchev–Trinajstić information content (AvgIpc) is 3.20. The summed E-state index contributed by atoms with van der Waals surface area (Å²) in [6, 6.07) is 0. The Morgan fingerprint density at radius 1 is 1.21 bits per heavy atom. The third kappa shape index (κ3) is 5.89. The van der Waals surface area contributed by atoms with Gasteiger partial charge in [-0.2, -0.15) is 5.10 Å². The average molecular weight is 418 g/mol. The second-order valence-corrected chi connectivity index (χ2v) is 9.86. The van der Waals surface area contributed by atoms with Crippen LogP contribution in [0.25, 0.3) is 0 Å². The molecular formula is C22H35N5OS. The number of rotatable bonds is 6. The van der Waals surface area contributed by atoms with Crippen molar-refractivity contribution < 1.29 is 4.79 Å². The van der Waals surface area contributed by atoms with E-state index in [0.29, 0.717) is 6.42 Å². The molecule has 3 heterocycles. The van der Waals surface area contributed by atoms with Crippen LogP contribution >= 0.6 is 11.3 Å². The summed E-state index contributed by atoms with van der Waals surface area (Å²) < 4.78 is 1.95. The Bertz CT molecular complexity index is 820. The van der Waals surface area contributed by atoms with Crippen molar-refractivity contribution in [3.8, 4) is 0 Å². The van der Waals surface area contributed by atoms with Gasteiger partial charge in [-0.1, -0.05) is 20.8 Å². The van der Waals surface area contributed by atoms with Gasteiger partial charge in [0.2, 0.25) is 5.91 Å². The fourth-order valence-electron chi connectivity index (χ4n) is 3.70. The van der Waals surface area contributed by atoms with Crippen LogP contribution in [0.2, 0.25) is 0 Å². The molecule has 0 unspecified atom stereocenters. The quantitative estimate of drug-likeness (QED) is 0.720. The summed E-state index contributed by atoms with van der Waals surface area (Å²) in [7, 11) is 0. The molecule has 0 atom stereocenters. The number of aromatic nitrogens is 3. The predicted octanol–water partition coefficient (Wildman–Crippen LogP) is 3.63. The molecule has 0 saturated carbocycles. The molecule has 1 amide bonds. The van der Waals surface area contributed by atoms with Crippen molar-refractivity contribution in [3.63, 3.8) is 0 Å². The fraction of sp³-hybridized carbons (Fsp3) is 0.682. The summed E-state index contributed by atoms with van der Waals surface area (Å²) in [5.74, 6) is 0.263. The summed E-state index contributed by atoms with van der Waals surface area (Å²) in [6.45, 7) is 16.1. The van der Waals surface area contributed by atoms with Gasteiger partial charge in [0.1, 0.15) is 0 Å². The summed E-state index contributed by atoms with van der Waals surface area (Å²) in [6.07, 6.45) is 4.44. The SMILES string of the molecule is CCn1cc(CCC(=O)N2CCCN(Cc3csc(C(C)(C)C)n3)CC2)c(C)n1. The van der Waals surface area contributed by atoms with Crippen molar-refractivity contribution in [1.82, 2.24) is 24.6 Å². The lowest BCUT2D eigenvalue weighted by atomic mass is 9.98. The van der Waals surface area contributed by atoms with Crippen molar-refractivity contribution in [2.24, 2.45) is 0 Å². The normalized spacial score (nSPS) is 16.2. The van der Waals surface area contributed by atoms with Crippen LogP contribution in [0, 0.1) is 6.92 Å². The van der Waals surface area contributed by atoms with Gasteiger partial charge in [-0.3, -0.25) is 14.4 Å². The molecule has 160 valence electrons. The third-order valence-electron chi connectivity index (χ3n) is 5.50. The Morgan fingerprint density at radius 3 is 2.66 bits per heavy atom. The minimum absolute atomic E-state index is 0.108. The third-order valence-corrected chi connectivity index (χ3v) is 6.82. The molecule has 7 heteroatoms. The van der Waals surface area contributed by atoms with Crippen molar-refractivity contribution in [3.05, 3.63) is 33.5 Å². The molecule has 1 saturated heterocycles. The Kier molecular flexibility index (Phi) is 7.11. The number of carbonyl (C=O) groups is 1. The largest absolute Gasteiger partial charge is 0.341 e. The number of amides is 1. The van der Waals surface area contributed by atoms with Gasteiger partial charge in [-0.05, 0) is 32.3 Å². The molecular weight excluding hydrogens is 382 g/mol. The lowest BCUT2D eigenvalue weighted by molar-refractivity contribution is -0.131. The highest BCUT2D eigenvalue weighted by Crippen LogP contribution is 2.26. The molecule has 0 aliphatic carbocycles. The van der Waals surface area contributed by atoms with Crippen LogP contribution in [-0.2, 0) is 29.7 Å². The van der Waals surface area contributed by atoms with Gasteiger partial charge in [0, 0.05) is 62.7 Å². The van der Waals surface area contributed by atoms with Crippen LogP contribution in [-0.4, -0.2) is 56.7 Å². The Balaban J connectivity index is 1.49. The number of thiazole rings is 1. The lowest BCUT2D eigenvalue weighted by Gasteiger charge is -2.21. The van der Waals surface area contributed by atoms with E-state index in [2.05, 4.69) is 49.3 Å². The van der Waals surface area contributed by atoms with Crippen molar-refractivity contribution in [2.75, 3.05) is 26.2 Å². The van der Waals surface area contributed by atoms with Crippen LogP contribution in [0.5, 0.6) is 0 Å². The fourth-order valence-corrected chi connectivity index (χ4v) is 4.60. The van der Waals surface area contributed by atoms with Crippen molar-refractivity contribution >= 4 is 17.2 Å². The zero-order valence-corrected chi connectivity index (χ0v) is 19.4. The van der Waals surface area contributed by atoms with Crippen molar-refractivity contribution in [1.29, 1.82) is 0 Å². The van der Waals surface area contributed by atoms with E-state index in [0.717, 1.165) is 63.5 Å². The van der Waals surface area contributed by atoms with Gasteiger partial charge in [-0.25, -0.2) is 4.98 Å². The maximum atomic E-state index is 12.8. The van der Waals surface area contributed by atoms with Crippen LogP contribution in [0.1, 0.15) is 62.5 Å². The standard InChI is InChI=1S/C22H35N5OS/c1-6-27-14-18(17(2)24-27)8-9-20(28)26-11-7-10-25(12-13-26)15-19-16-29-21(23-19)22(3,4)5/h14,16H,6-13,15H2,1-5H3. The van der Waals surface area contributed by atoms with Gasteiger partial charge >= 0.3 is 0 Å². The molecule has 0 aromatic carbocycles. The molecule has 0 bridgehead atoms. The van der Waals surface area contributed by atoms with E-state index in [9.17, 15) is 4.79 Å². The monoisotopic (exact) mass is 417 g/mol. The molecule has 6 nitrogen and oxygen atoms in total. The minimum atomic E-state index is 0.108. The smallest absolute Gasteiger partial charge is 0.222 e. The second kappa shape index (κ2) is 9.39. The minimum Gasteiger partial charge on any atom is -0.341 e. The highest BCUT2D eigenvalue weighted by Gasteiger charge is 2.22. The van der Waals surface area contributed by atoms with E-state index in [-0.39, 0.29) is 11.3 Å². The molecule has 2 aromatic rings. The second-order valence-electron chi connectivity index (χ2n) is 9.00. The van der Waals surface area contributed by atoms with Gasteiger partial charge in [0.05, 0.1) is 16.4 Å². The van der Waals surface area contributed by atoms with Crippen molar-refractivity contribution in [2.45, 2.75) is 72.4 Å². The summed E-state index contributed by atoms with van der Waals surface area (Å²) >= 11 is 1.76. The number of nitrogens with zero attached hydrogens (tertiary/aromatic N) is 5. The van der Waals surface area contributed by atoms with Crippen LogP contribution < -0.4 is 0 Å². The van der Waals surface area contributed by atoms with Gasteiger partial charge in [0.25, 0.3) is 0 Å². The maximum absolute atomic E-state index is 12.8. The molecule has 1 fully saturated rings. The molecule has 29 heavy (non-hydrogen) atoms. The number of aryl methyl sites for hydroxylation is 3. The van der Waals surface area contributed by atoms with Gasteiger partial charge in [-0.15, -0.1) is 11.3 Å². The van der Waals surface area contributed by atoms with Gasteiger partial charge in [0.15, 0.2) is 0 Å². The van der Waals surface area contributed by atoms with E-state index >= 15 is 0 Å². The van der Waals surface area contributed by atoms with E-state index in [1.165, 1.54) is 10.6 Å². The predicted molar refractivity (Wildman–Crippen MR) is 118 cm³/mol. The summed E-state index contributed by atoms with van der Waals surface area (Å²) in [5, 5.41) is 7.86. The zero-order chi connectivity index (χ0) is 21.0. The van der Waals surface area contributed by atoms with Crippen LogP contribution in [0.15, 0.2) is 11.6 Å². The highest BCUT2D eigenvalue weighted by molar-refractivity contribution is 7.09. The Labute approximate surface area is 178 Å². The molecule has 1 aliphatic heterocycles. The topological polar surface area (TPSA) is 54.3 Å². The summed E-state index contributed by atoms with van der Waals surface area (Å²) in [5.41, 5.74) is 3.49. The Hall–Kier alpha value is -1.73. The Morgan fingerprint density at radius 2 is 2.00 bits per heavy atom.